The first kappa shape index (κ1) is 17.0. The fraction of sp³-hybridized carbons (Fsp3) is 0.700. The quantitative estimate of drug-likeness (QED) is 0.779. The van der Waals surface area contributed by atoms with Crippen molar-refractivity contribution in [1.29, 1.82) is 0 Å². The van der Waals surface area contributed by atoms with Crippen LogP contribution in [0.1, 0.15) is 97.4 Å². The Kier molecular flexibility index (Phi) is 4.25. The Bertz CT molecular complexity index is 833. The Morgan fingerprint density at radius 2 is 2.00 bits per heavy atom. The summed E-state index contributed by atoms with van der Waals surface area (Å²) in [6.07, 6.45) is 9.46. The predicted molar refractivity (Wildman–Crippen MR) is 98.6 cm³/mol. The highest BCUT2D eigenvalue weighted by molar-refractivity contribution is 5.95. The van der Waals surface area contributed by atoms with E-state index in [0.717, 1.165) is 68.2 Å². The highest BCUT2D eigenvalue weighted by Gasteiger charge is 2.36. The van der Waals surface area contributed by atoms with Crippen LogP contribution in [0.3, 0.4) is 0 Å². The van der Waals surface area contributed by atoms with Crippen LogP contribution >= 0.6 is 0 Å². The number of likely N-dealkylation sites (tertiary alicyclic amines) is 1. The minimum Gasteiger partial charge on any atom is -0.339 e. The summed E-state index contributed by atoms with van der Waals surface area (Å²) in [6, 6.07) is 0. The van der Waals surface area contributed by atoms with Crippen molar-refractivity contribution < 1.29 is 9.32 Å². The molecule has 7 heteroatoms. The van der Waals surface area contributed by atoms with Gasteiger partial charge >= 0.3 is 0 Å². The molecule has 0 aromatic carbocycles. The Labute approximate surface area is 159 Å². The first-order valence-electron chi connectivity index (χ1n) is 10.4. The van der Waals surface area contributed by atoms with E-state index < -0.39 is 0 Å². The molecule has 0 bridgehead atoms. The molecule has 27 heavy (non-hydrogen) atoms. The molecule has 144 valence electrons. The maximum atomic E-state index is 13.3. The fourth-order valence-electron chi connectivity index (χ4n) is 4.19. The molecule has 3 fully saturated rings. The standard InChI is InChI=1S/C20H27N5O2/c1-2-9-25-17(13-5-6-13)16(11-21-25)20(26)24-10-3-4-15(12-24)18-22-19(27-23-18)14-7-8-14/h11,13-15H,2-10,12H2,1H3. The summed E-state index contributed by atoms with van der Waals surface area (Å²) in [5.41, 5.74) is 1.96. The molecule has 3 heterocycles. The molecule has 2 aliphatic carbocycles. The Morgan fingerprint density at radius 3 is 2.74 bits per heavy atom. The molecule has 1 aliphatic heterocycles. The van der Waals surface area contributed by atoms with Gasteiger partial charge < -0.3 is 9.42 Å². The van der Waals surface area contributed by atoms with Gasteiger partial charge in [-0.2, -0.15) is 10.1 Å². The summed E-state index contributed by atoms with van der Waals surface area (Å²) in [5, 5.41) is 8.73. The summed E-state index contributed by atoms with van der Waals surface area (Å²) in [5.74, 6) is 2.84. The molecular weight excluding hydrogens is 342 g/mol. The Morgan fingerprint density at radius 1 is 1.19 bits per heavy atom. The molecule has 0 N–H and O–H groups in total. The van der Waals surface area contributed by atoms with Gasteiger partial charge in [-0.1, -0.05) is 12.1 Å². The van der Waals surface area contributed by atoms with Crippen molar-refractivity contribution in [3.8, 4) is 0 Å². The average molecular weight is 369 g/mol. The minimum atomic E-state index is 0.120. The third-order valence-corrected chi connectivity index (χ3v) is 5.97. The first-order chi connectivity index (χ1) is 13.2. The molecule has 1 amide bonds. The average Bonchev–Trinajstić information content (AvgIpc) is 3.63. The van der Waals surface area contributed by atoms with Gasteiger partial charge in [-0.3, -0.25) is 9.48 Å². The van der Waals surface area contributed by atoms with Gasteiger partial charge in [-0.05, 0) is 44.9 Å². The number of rotatable bonds is 6. The highest BCUT2D eigenvalue weighted by Crippen LogP contribution is 2.42. The van der Waals surface area contributed by atoms with Crippen molar-refractivity contribution in [2.75, 3.05) is 13.1 Å². The number of hydrogen-bond donors (Lipinski definition) is 0. The lowest BCUT2D eigenvalue weighted by Crippen LogP contribution is -2.39. The zero-order valence-electron chi connectivity index (χ0n) is 15.9. The van der Waals surface area contributed by atoms with Crippen LogP contribution < -0.4 is 0 Å². The van der Waals surface area contributed by atoms with Gasteiger partial charge in [0.05, 0.1) is 17.5 Å². The molecule has 1 unspecified atom stereocenters. The molecule has 7 nitrogen and oxygen atoms in total. The van der Waals surface area contributed by atoms with E-state index in [9.17, 15) is 4.79 Å². The zero-order valence-corrected chi connectivity index (χ0v) is 15.9. The van der Waals surface area contributed by atoms with Gasteiger partial charge in [0.2, 0.25) is 5.89 Å². The van der Waals surface area contributed by atoms with Crippen LogP contribution in [-0.4, -0.2) is 43.8 Å². The molecular formula is C20H27N5O2. The van der Waals surface area contributed by atoms with Crippen LogP contribution in [0, 0.1) is 0 Å². The maximum Gasteiger partial charge on any atom is 0.257 e. The Balaban J connectivity index is 1.34. The van der Waals surface area contributed by atoms with E-state index in [1.165, 1.54) is 12.8 Å². The third kappa shape index (κ3) is 3.28. The number of aryl methyl sites for hydroxylation is 1. The zero-order chi connectivity index (χ0) is 18.4. The van der Waals surface area contributed by atoms with E-state index in [0.29, 0.717) is 18.4 Å². The largest absolute Gasteiger partial charge is 0.339 e. The van der Waals surface area contributed by atoms with Crippen LogP contribution in [0.2, 0.25) is 0 Å². The molecule has 0 radical (unpaired) electrons. The molecule has 5 rings (SSSR count). The minimum absolute atomic E-state index is 0.120. The van der Waals surface area contributed by atoms with Crippen molar-refractivity contribution in [2.45, 2.75) is 76.2 Å². The number of carbonyl (C=O) groups is 1. The smallest absolute Gasteiger partial charge is 0.257 e. The monoisotopic (exact) mass is 369 g/mol. The van der Waals surface area contributed by atoms with Crippen LogP contribution in [0.5, 0.6) is 0 Å². The fourth-order valence-corrected chi connectivity index (χ4v) is 4.19. The highest BCUT2D eigenvalue weighted by atomic mass is 16.5. The summed E-state index contributed by atoms with van der Waals surface area (Å²) in [7, 11) is 0. The molecule has 2 aromatic heterocycles. The van der Waals surface area contributed by atoms with Crippen molar-refractivity contribution in [3.63, 3.8) is 0 Å². The van der Waals surface area contributed by atoms with E-state index >= 15 is 0 Å². The number of nitrogens with zero attached hydrogens (tertiary/aromatic N) is 5. The second kappa shape index (κ2) is 6.77. The van der Waals surface area contributed by atoms with Crippen molar-refractivity contribution in [2.24, 2.45) is 0 Å². The summed E-state index contributed by atoms with van der Waals surface area (Å²) < 4.78 is 7.48. The van der Waals surface area contributed by atoms with Crippen LogP contribution in [0.15, 0.2) is 10.7 Å². The summed E-state index contributed by atoms with van der Waals surface area (Å²) in [6.45, 7) is 4.50. The van der Waals surface area contributed by atoms with Gasteiger partial charge in [-0.15, -0.1) is 0 Å². The lowest BCUT2D eigenvalue weighted by Gasteiger charge is -2.31. The third-order valence-electron chi connectivity index (χ3n) is 5.97. The molecule has 2 aromatic rings. The van der Waals surface area contributed by atoms with E-state index in [4.69, 9.17) is 4.52 Å². The van der Waals surface area contributed by atoms with Gasteiger partial charge in [0, 0.05) is 37.4 Å². The lowest BCUT2D eigenvalue weighted by atomic mass is 9.96. The lowest BCUT2D eigenvalue weighted by molar-refractivity contribution is 0.0702. The molecule has 2 saturated carbocycles. The molecule has 3 aliphatic rings. The van der Waals surface area contributed by atoms with Gasteiger partial charge in [0.15, 0.2) is 5.82 Å². The number of hydrogen-bond acceptors (Lipinski definition) is 5. The Hall–Kier alpha value is -2.18. The number of aromatic nitrogens is 4. The normalized spacial score (nSPS) is 23.0. The SMILES string of the molecule is CCCn1ncc(C(=O)N2CCCC(c3noc(C4CC4)n3)C2)c1C1CC1. The topological polar surface area (TPSA) is 77.0 Å². The summed E-state index contributed by atoms with van der Waals surface area (Å²) >= 11 is 0. The van der Waals surface area contributed by atoms with Crippen molar-refractivity contribution in [1.82, 2.24) is 24.8 Å². The van der Waals surface area contributed by atoms with E-state index in [2.05, 4.69) is 22.2 Å². The van der Waals surface area contributed by atoms with Crippen LogP contribution in [-0.2, 0) is 6.54 Å². The number of piperidine rings is 1. The number of amides is 1. The summed E-state index contributed by atoms with van der Waals surface area (Å²) in [4.78, 5) is 19.9. The molecule has 1 saturated heterocycles. The van der Waals surface area contributed by atoms with Crippen molar-refractivity contribution >= 4 is 5.91 Å². The van der Waals surface area contributed by atoms with E-state index in [1.54, 1.807) is 6.20 Å². The van der Waals surface area contributed by atoms with Gasteiger partial charge in [0.25, 0.3) is 5.91 Å². The predicted octanol–water partition coefficient (Wildman–Crippen LogP) is 3.45. The van der Waals surface area contributed by atoms with Crippen LogP contribution in [0.25, 0.3) is 0 Å². The van der Waals surface area contributed by atoms with Gasteiger partial charge in [0.1, 0.15) is 0 Å². The van der Waals surface area contributed by atoms with Crippen LogP contribution in [0.4, 0.5) is 0 Å². The first-order valence-corrected chi connectivity index (χ1v) is 10.4. The maximum absolute atomic E-state index is 13.3. The second-order valence-corrected chi connectivity index (χ2v) is 8.30. The van der Waals surface area contributed by atoms with Crippen molar-refractivity contribution in [3.05, 3.63) is 29.2 Å². The number of carbonyl (C=O) groups excluding carboxylic acids is 1. The van der Waals surface area contributed by atoms with E-state index in [-0.39, 0.29) is 11.8 Å². The molecule has 1 atom stereocenters. The second-order valence-electron chi connectivity index (χ2n) is 8.30. The van der Waals surface area contributed by atoms with Gasteiger partial charge in [-0.25, -0.2) is 0 Å². The van der Waals surface area contributed by atoms with E-state index in [1.807, 2.05) is 9.58 Å². The molecule has 0 spiro atoms.